The molecule has 112 valence electrons. The van der Waals surface area contributed by atoms with Crippen LogP contribution in [0.4, 0.5) is 9.18 Å². The lowest BCUT2D eigenvalue weighted by atomic mass is 10.2. The standard InChI is InChI=1S/C14H15FN2O4/c1-8(2)17-13(19)12(18)16(14(17)20)7-9-6-10(15)4-5-11(9)21-3/h4-6,8H,7H2,1-3H3. The Hall–Kier alpha value is -2.44. The molecule has 4 amide bonds. The summed E-state index contributed by atoms with van der Waals surface area (Å²) in [6.45, 7) is 3.05. The topological polar surface area (TPSA) is 66.9 Å². The van der Waals surface area contributed by atoms with Crippen molar-refractivity contribution < 1.29 is 23.5 Å². The SMILES string of the molecule is COc1ccc(F)cc1CN1C(=O)C(=O)N(C(C)C)C1=O. The Morgan fingerprint density at radius 2 is 1.86 bits per heavy atom. The predicted molar refractivity (Wildman–Crippen MR) is 70.9 cm³/mol. The van der Waals surface area contributed by atoms with Gasteiger partial charge >= 0.3 is 17.8 Å². The van der Waals surface area contributed by atoms with Crippen LogP contribution in [-0.2, 0) is 16.1 Å². The van der Waals surface area contributed by atoms with Crippen LogP contribution in [0.15, 0.2) is 18.2 Å². The van der Waals surface area contributed by atoms with Crippen molar-refractivity contribution in [1.29, 1.82) is 0 Å². The number of urea groups is 1. The van der Waals surface area contributed by atoms with Crippen LogP contribution in [0.1, 0.15) is 19.4 Å². The second-order valence-electron chi connectivity index (χ2n) is 4.90. The first-order chi connectivity index (χ1) is 9.86. The summed E-state index contributed by atoms with van der Waals surface area (Å²) >= 11 is 0. The van der Waals surface area contributed by atoms with Gasteiger partial charge in [-0.25, -0.2) is 9.18 Å². The summed E-state index contributed by atoms with van der Waals surface area (Å²) in [5, 5.41) is 0. The van der Waals surface area contributed by atoms with E-state index >= 15 is 0 Å². The van der Waals surface area contributed by atoms with Crippen LogP contribution >= 0.6 is 0 Å². The highest BCUT2D eigenvalue weighted by Gasteiger charge is 2.45. The van der Waals surface area contributed by atoms with E-state index in [4.69, 9.17) is 4.74 Å². The van der Waals surface area contributed by atoms with Gasteiger partial charge in [0.25, 0.3) is 0 Å². The number of ether oxygens (including phenoxy) is 1. The number of amides is 4. The minimum atomic E-state index is -0.917. The molecule has 7 heteroatoms. The van der Waals surface area contributed by atoms with Gasteiger partial charge < -0.3 is 4.74 Å². The van der Waals surface area contributed by atoms with E-state index in [1.54, 1.807) is 13.8 Å². The van der Waals surface area contributed by atoms with Crippen molar-refractivity contribution >= 4 is 17.8 Å². The molecule has 1 heterocycles. The third kappa shape index (κ3) is 2.58. The van der Waals surface area contributed by atoms with Gasteiger partial charge in [0.15, 0.2) is 0 Å². The van der Waals surface area contributed by atoms with Gasteiger partial charge in [-0.2, -0.15) is 0 Å². The Bertz CT molecular complexity index is 615. The summed E-state index contributed by atoms with van der Waals surface area (Å²) in [4.78, 5) is 37.5. The molecular weight excluding hydrogens is 279 g/mol. The minimum Gasteiger partial charge on any atom is -0.496 e. The van der Waals surface area contributed by atoms with Crippen molar-refractivity contribution in [3.05, 3.63) is 29.6 Å². The third-order valence-electron chi connectivity index (χ3n) is 3.17. The Balaban J connectivity index is 2.32. The summed E-state index contributed by atoms with van der Waals surface area (Å²) < 4.78 is 18.4. The largest absolute Gasteiger partial charge is 0.496 e. The Morgan fingerprint density at radius 3 is 2.38 bits per heavy atom. The number of benzene rings is 1. The molecule has 1 fully saturated rings. The molecule has 0 aromatic heterocycles. The average molecular weight is 294 g/mol. The zero-order valence-corrected chi connectivity index (χ0v) is 11.9. The van der Waals surface area contributed by atoms with Gasteiger partial charge in [-0.05, 0) is 32.0 Å². The van der Waals surface area contributed by atoms with Crippen LogP contribution in [0.5, 0.6) is 5.75 Å². The van der Waals surface area contributed by atoms with Crippen molar-refractivity contribution in [2.24, 2.45) is 0 Å². The molecule has 0 atom stereocenters. The maximum absolute atomic E-state index is 13.3. The van der Waals surface area contributed by atoms with E-state index in [1.807, 2.05) is 0 Å². The number of halogens is 1. The molecule has 2 rings (SSSR count). The van der Waals surface area contributed by atoms with Crippen LogP contribution in [-0.4, -0.2) is 40.8 Å². The van der Waals surface area contributed by atoms with E-state index in [0.717, 1.165) is 9.80 Å². The highest BCUT2D eigenvalue weighted by atomic mass is 19.1. The van der Waals surface area contributed by atoms with Crippen molar-refractivity contribution in [3.8, 4) is 5.75 Å². The predicted octanol–water partition coefficient (Wildman–Crippen LogP) is 1.53. The molecule has 0 bridgehead atoms. The summed E-state index contributed by atoms with van der Waals surface area (Å²) in [5.41, 5.74) is 0.317. The van der Waals surface area contributed by atoms with Gasteiger partial charge in [-0.1, -0.05) is 0 Å². The Kier molecular flexibility index (Phi) is 3.93. The van der Waals surface area contributed by atoms with E-state index in [2.05, 4.69) is 0 Å². The molecule has 0 unspecified atom stereocenters. The van der Waals surface area contributed by atoms with E-state index in [0.29, 0.717) is 11.3 Å². The van der Waals surface area contributed by atoms with Gasteiger partial charge in [0.05, 0.1) is 13.7 Å². The van der Waals surface area contributed by atoms with E-state index < -0.39 is 29.7 Å². The van der Waals surface area contributed by atoms with Crippen LogP contribution in [0.2, 0.25) is 0 Å². The minimum absolute atomic E-state index is 0.215. The van der Waals surface area contributed by atoms with E-state index in [9.17, 15) is 18.8 Å². The van der Waals surface area contributed by atoms with Gasteiger partial charge in [0.1, 0.15) is 11.6 Å². The van der Waals surface area contributed by atoms with Crippen molar-refractivity contribution in [2.45, 2.75) is 26.4 Å². The molecule has 1 aliphatic heterocycles. The maximum Gasteiger partial charge on any atom is 0.334 e. The molecule has 6 nitrogen and oxygen atoms in total. The molecule has 0 aliphatic carbocycles. The Morgan fingerprint density at radius 1 is 1.19 bits per heavy atom. The number of hydrogen-bond donors (Lipinski definition) is 0. The lowest BCUT2D eigenvalue weighted by molar-refractivity contribution is -0.144. The lowest BCUT2D eigenvalue weighted by Crippen LogP contribution is -2.37. The smallest absolute Gasteiger partial charge is 0.334 e. The number of nitrogens with zero attached hydrogens (tertiary/aromatic N) is 2. The normalized spacial score (nSPS) is 15.4. The number of carbonyl (C=O) groups is 3. The second-order valence-corrected chi connectivity index (χ2v) is 4.90. The van der Waals surface area contributed by atoms with Gasteiger partial charge in [0.2, 0.25) is 0 Å². The summed E-state index contributed by atoms with van der Waals surface area (Å²) in [6, 6.07) is 2.65. The number of hydrogen-bond acceptors (Lipinski definition) is 4. The molecule has 0 N–H and O–H groups in total. The number of carbonyl (C=O) groups excluding carboxylic acids is 3. The van der Waals surface area contributed by atoms with Gasteiger partial charge in [0, 0.05) is 11.6 Å². The number of imide groups is 2. The Labute approximate surface area is 121 Å². The molecule has 0 saturated carbocycles. The molecule has 0 spiro atoms. The van der Waals surface area contributed by atoms with E-state index in [1.165, 1.54) is 25.3 Å². The summed E-state index contributed by atoms with van der Waals surface area (Å²) in [5.74, 6) is -1.96. The molecule has 1 aromatic rings. The molecule has 1 aliphatic rings. The van der Waals surface area contributed by atoms with Crippen LogP contribution < -0.4 is 4.74 Å². The van der Waals surface area contributed by atoms with Crippen LogP contribution in [0.25, 0.3) is 0 Å². The summed E-state index contributed by atoms with van der Waals surface area (Å²) in [6.07, 6.45) is 0. The maximum atomic E-state index is 13.3. The average Bonchev–Trinajstić information content (AvgIpc) is 2.63. The van der Waals surface area contributed by atoms with Crippen LogP contribution in [0, 0.1) is 5.82 Å². The molecule has 1 saturated heterocycles. The highest BCUT2D eigenvalue weighted by Crippen LogP contribution is 2.24. The quantitative estimate of drug-likeness (QED) is 0.624. The van der Waals surface area contributed by atoms with Crippen molar-refractivity contribution in [3.63, 3.8) is 0 Å². The number of methoxy groups -OCH3 is 1. The second kappa shape index (κ2) is 5.51. The zero-order valence-electron chi connectivity index (χ0n) is 11.9. The first-order valence-corrected chi connectivity index (χ1v) is 6.38. The fraction of sp³-hybridized carbons (Fsp3) is 0.357. The first kappa shape index (κ1) is 15.0. The summed E-state index contributed by atoms with van der Waals surface area (Å²) in [7, 11) is 1.40. The molecular formula is C14H15FN2O4. The monoisotopic (exact) mass is 294 g/mol. The zero-order chi connectivity index (χ0) is 15.7. The lowest BCUT2D eigenvalue weighted by Gasteiger charge is -2.19. The number of rotatable bonds is 4. The fourth-order valence-electron chi connectivity index (χ4n) is 2.16. The van der Waals surface area contributed by atoms with Gasteiger partial charge in [-0.3, -0.25) is 19.4 Å². The molecule has 1 aromatic carbocycles. The molecule has 0 radical (unpaired) electrons. The first-order valence-electron chi connectivity index (χ1n) is 6.38. The van der Waals surface area contributed by atoms with Gasteiger partial charge in [-0.15, -0.1) is 0 Å². The van der Waals surface area contributed by atoms with Crippen LogP contribution in [0.3, 0.4) is 0 Å². The fourth-order valence-corrected chi connectivity index (χ4v) is 2.16. The van der Waals surface area contributed by atoms with Crippen molar-refractivity contribution in [2.75, 3.05) is 7.11 Å². The highest BCUT2D eigenvalue weighted by molar-refractivity contribution is 6.44. The molecule has 21 heavy (non-hydrogen) atoms. The van der Waals surface area contributed by atoms with E-state index in [-0.39, 0.29) is 6.54 Å². The third-order valence-corrected chi connectivity index (χ3v) is 3.17. The van der Waals surface area contributed by atoms with Crippen molar-refractivity contribution in [1.82, 2.24) is 9.80 Å².